The lowest BCUT2D eigenvalue weighted by Gasteiger charge is -2.11. The van der Waals surface area contributed by atoms with Crippen molar-refractivity contribution in [1.82, 2.24) is 9.78 Å². The second-order valence-electron chi connectivity index (χ2n) is 4.15. The molecule has 2 heterocycles. The van der Waals surface area contributed by atoms with Crippen molar-refractivity contribution in [3.05, 3.63) is 11.9 Å². The molecule has 1 fully saturated rings. The summed E-state index contributed by atoms with van der Waals surface area (Å²) in [4.78, 5) is 12.4. The highest BCUT2D eigenvalue weighted by Crippen LogP contribution is 2.31. The van der Waals surface area contributed by atoms with Crippen LogP contribution in [0.5, 0.6) is 5.75 Å². The SMILES string of the molecule is CCCn1ncc(OC)c1C(=O)C1CCCS1. The van der Waals surface area contributed by atoms with Crippen molar-refractivity contribution in [1.29, 1.82) is 0 Å². The molecule has 1 aromatic heterocycles. The van der Waals surface area contributed by atoms with Crippen LogP contribution in [0.25, 0.3) is 0 Å². The van der Waals surface area contributed by atoms with Crippen molar-refractivity contribution >= 4 is 17.5 Å². The lowest BCUT2D eigenvalue weighted by molar-refractivity contribution is 0.0975. The zero-order valence-electron chi connectivity index (χ0n) is 10.3. The molecular weight excluding hydrogens is 236 g/mol. The van der Waals surface area contributed by atoms with Crippen molar-refractivity contribution in [3.63, 3.8) is 0 Å². The second kappa shape index (κ2) is 5.58. The summed E-state index contributed by atoms with van der Waals surface area (Å²) in [7, 11) is 1.59. The van der Waals surface area contributed by atoms with E-state index in [1.807, 2.05) is 0 Å². The minimum Gasteiger partial charge on any atom is -0.493 e. The molecule has 1 saturated heterocycles. The number of carbonyl (C=O) groups is 1. The topological polar surface area (TPSA) is 44.1 Å². The molecule has 0 bridgehead atoms. The van der Waals surface area contributed by atoms with E-state index in [4.69, 9.17) is 4.74 Å². The minimum atomic E-state index is 0.0937. The predicted molar refractivity (Wildman–Crippen MR) is 68.9 cm³/mol. The maximum atomic E-state index is 12.4. The lowest BCUT2D eigenvalue weighted by atomic mass is 10.1. The van der Waals surface area contributed by atoms with Gasteiger partial charge in [0, 0.05) is 6.54 Å². The van der Waals surface area contributed by atoms with Gasteiger partial charge in [0.2, 0.25) is 0 Å². The lowest BCUT2D eigenvalue weighted by Crippen LogP contribution is -2.20. The average Bonchev–Trinajstić information content (AvgIpc) is 2.97. The van der Waals surface area contributed by atoms with E-state index < -0.39 is 0 Å². The Labute approximate surface area is 106 Å². The van der Waals surface area contributed by atoms with E-state index in [0.717, 1.165) is 31.6 Å². The van der Waals surface area contributed by atoms with E-state index in [1.54, 1.807) is 29.8 Å². The highest BCUT2D eigenvalue weighted by atomic mass is 32.2. The largest absolute Gasteiger partial charge is 0.493 e. The van der Waals surface area contributed by atoms with Crippen LogP contribution in [0.2, 0.25) is 0 Å². The van der Waals surface area contributed by atoms with Crippen molar-refractivity contribution in [2.75, 3.05) is 12.9 Å². The third-order valence-corrected chi connectivity index (χ3v) is 4.29. The number of Topliss-reactive ketones (excluding diaryl/α,β-unsaturated/α-hetero) is 1. The predicted octanol–water partition coefficient (Wildman–Crippen LogP) is 2.38. The van der Waals surface area contributed by atoms with Gasteiger partial charge in [0.1, 0.15) is 5.69 Å². The molecule has 0 aromatic carbocycles. The van der Waals surface area contributed by atoms with Gasteiger partial charge in [0.25, 0.3) is 0 Å². The molecule has 0 saturated carbocycles. The van der Waals surface area contributed by atoms with E-state index in [0.29, 0.717) is 11.4 Å². The standard InChI is InChI=1S/C12H18N2O2S/c1-3-6-14-11(9(16-2)8-13-14)12(15)10-5-4-7-17-10/h8,10H,3-7H2,1-2H3. The Kier molecular flexibility index (Phi) is 4.10. The molecule has 2 rings (SSSR count). The molecule has 1 aliphatic rings. The normalized spacial score (nSPS) is 19.5. The Morgan fingerprint density at radius 2 is 2.53 bits per heavy atom. The van der Waals surface area contributed by atoms with Gasteiger partial charge in [0.15, 0.2) is 11.5 Å². The molecule has 1 aromatic rings. The van der Waals surface area contributed by atoms with Crippen molar-refractivity contribution in [2.45, 2.75) is 38.0 Å². The molecule has 0 spiro atoms. The summed E-state index contributed by atoms with van der Waals surface area (Å²) in [6, 6.07) is 0. The number of nitrogens with zero attached hydrogens (tertiary/aromatic N) is 2. The van der Waals surface area contributed by atoms with Crippen LogP contribution < -0.4 is 4.74 Å². The summed E-state index contributed by atoms with van der Waals surface area (Å²) in [5.74, 6) is 1.87. The number of thioether (sulfide) groups is 1. The maximum absolute atomic E-state index is 12.4. The molecule has 17 heavy (non-hydrogen) atoms. The molecule has 4 nitrogen and oxygen atoms in total. The van der Waals surface area contributed by atoms with E-state index in [1.165, 1.54) is 0 Å². The van der Waals surface area contributed by atoms with Gasteiger partial charge in [-0.25, -0.2) is 0 Å². The summed E-state index contributed by atoms with van der Waals surface area (Å²) >= 11 is 1.75. The van der Waals surface area contributed by atoms with Crippen LogP contribution in [-0.2, 0) is 6.54 Å². The highest BCUT2D eigenvalue weighted by Gasteiger charge is 2.29. The van der Waals surface area contributed by atoms with Gasteiger partial charge in [0.05, 0.1) is 18.6 Å². The van der Waals surface area contributed by atoms with Crippen molar-refractivity contribution < 1.29 is 9.53 Å². The van der Waals surface area contributed by atoms with Crippen LogP contribution in [-0.4, -0.2) is 33.7 Å². The van der Waals surface area contributed by atoms with Crippen LogP contribution in [0.1, 0.15) is 36.7 Å². The quantitative estimate of drug-likeness (QED) is 0.757. The zero-order valence-corrected chi connectivity index (χ0v) is 11.1. The molecule has 1 aliphatic heterocycles. The molecule has 1 unspecified atom stereocenters. The van der Waals surface area contributed by atoms with Crippen LogP contribution in [0, 0.1) is 0 Å². The Balaban J connectivity index is 2.27. The van der Waals surface area contributed by atoms with Gasteiger partial charge in [-0.2, -0.15) is 16.9 Å². The monoisotopic (exact) mass is 254 g/mol. The maximum Gasteiger partial charge on any atom is 0.197 e. The van der Waals surface area contributed by atoms with Gasteiger partial charge in [-0.1, -0.05) is 6.92 Å². The Bertz CT molecular complexity index is 397. The molecular formula is C12H18N2O2S. The van der Waals surface area contributed by atoms with Crippen molar-refractivity contribution in [3.8, 4) is 5.75 Å². The number of methoxy groups -OCH3 is 1. The first-order valence-corrected chi connectivity index (χ1v) is 7.08. The molecule has 5 heteroatoms. The molecule has 0 amide bonds. The smallest absolute Gasteiger partial charge is 0.197 e. The summed E-state index contributed by atoms with van der Waals surface area (Å²) < 4.78 is 7.02. The van der Waals surface area contributed by atoms with E-state index >= 15 is 0 Å². The van der Waals surface area contributed by atoms with Crippen molar-refractivity contribution in [2.24, 2.45) is 0 Å². The molecule has 0 radical (unpaired) electrons. The van der Waals surface area contributed by atoms with Gasteiger partial charge >= 0.3 is 0 Å². The zero-order chi connectivity index (χ0) is 12.3. The van der Waals surface area contributed by atoms with E-state index in [2.05, 4.69) is 12.0 Å². The summed E-state index contributed by atoms with van der Waals surface area (Å²) in [5.41, 5.74) is 0.647. The summed E-state index contributed by atoms with van der Waals surface area (Å²) in [6.45, 7) is 2.84. The van der Waals surface area contributed by atoms with Gasteiger partial charge in [-0.05, 0) is 25.0 Å². The second-order valence-corrected chi connectivity index (χ2v) is 5.46. The molecule has 94 valence electrons. The van der Waals surface area contributed by atoms with Crippen LogP contribution >= 0.6 is 11.8 Å². The minimum absolute atomic E-state index is 0.0937. The van der Waals surface area contributed by atoms with Crippen LogP contribution in [0.4, 0.5) is 0 Å². The van der Waals surface area contributed by atoms with E-state index in [9.17, 15) is 4.79 Å². The summed E-state index contributed by atoms with van der Waals surface area (Å²) in [6.07, 6.45) is 4.71. The number of rotatable bonds is 5. The number of ether oxygens (including phenoxy) is 1. The van der Waals surface area contributed by atoms with Crippen LogP contribution in [0.3, 0.4) is 0 Å². The number of carbonyl (C=O) groups excluding carboxylic acids is 1. The fraction of sp³-hybridized carbons (Fsp3) is 0.667. The van der Waals surface area contributed by atoms with Gasteiger partial charge < -0.3 is 4.74 Å². The first kappa shape index (κ1) is 12.5. The molecule has 0 aliphatic carbocycles. The number of aromatic nitrogens is 2. The average molecular weight is 254 g/mol. The number of hydrogen-bond donors (Lipinski definition) is 0. The van der Waals surface area contributed by atoms with Crippen LogP contribution in [0.15, 0.2) is 6.20 Å². The number of aryl methyl sites for hydroxylation is 1. The first-order chi connectivity index (χ1) is 8.27. The first-order valence-electron chi connectivity index (χ1n) is 6.03. The van der Waals surface area contributed by atoms with E-state index in [-0.39, 0.29) is 11.0 Å². The Morgan fingerprint density at radius 1 is 1.71 bits per heavy atom. The van der Waals surface area contributed by atoms with Gasteiger partial charge in [-0.3, -0.25) is 9.48 Å². The summed E-state index contributed by atoms with van der Waals surface area (Å²) in [5, 5.41) is 4.32. The highest BCUT2D eigenvalue weighted by molar-refractivity contribution is 8.00. The number of hydrogen-bond acceptors (Lipinski definition) is 4. The molecule has 1 atom stereocenters. The Hall–Kier alpha value is -0.970. The Morgan fingerprint density at radius 3 is 3.12 bits per heavy atom. The van der Waals surface area contributed by atoms with Gasteiger partial charge in [-0.15, -0.1) is 0 Å². The fourth-order valence-corrected chi connectivity index (χ4v) is 3.30. The molecule has 0 N–H and O–H groups in total. The number of ketones is 1. The fourth-order valence-electron chi connectivity index (χ4n) is 2.08. The third-order valence-electron chi connectivity index (χ3n) is 2.92. The third kappa shape index (κ3) is 2.49.